The number of hydrogen-bond donors (Lipinski definition) is 1. The van der Waals surface area contributed by atoms with Gasteiger partial charge in [0.15, 0.2) is 0 Å². The number of rotatable bonds is 6. The van der Waals surface area contributed by atoms with Crippen molar-refractivity contribution >= 4 is 35.0 Å². The maximum atomic E-state index is 12.8. The molecule has 0 aliphatic carbocycles. The van der Waals surface area contributed by atoms with Gasteiger partial charge in [-0.1, -0.05) is 23.4 Å². The molecule has 1 heterocycles. The molecule has 15 heteroatoms. The van der Waals surface area contributed by atoms with Gasteiger partial charge in [-0.15, -0.1) is 18.3 Å². The number of ether oxygens (including phenoxy) is 1. The van der Waals surface area contributed by atoms with Gasteiger partial charge >= 0.3 is 12.5 Å². The lowest BCUT2D eigenvalue weighted by Crippen LogP contribution is -2.17. The Bertz CT molecular complexity index is 1100. The van der Waals surface area contributed by atoms with E-state index in [1.165, 1.54) is 12.1 Å². The fraction of sp³-hybridized carbons (Fsp3) is 0.176. The molecule has 0 atom stereocenters. The summed E-state index contributed by atoms with van der Waals surface area (Å²) in [6, 6.07) is 7.15. The van der Waals surface area contributed by atoms with Crippen molar-refractivity contribution in [2.45, 2.75) is 17.7 Å². The van der Waals surface area contributed by atoms with Crippen LogP contribution in [0.1, 0.15) is 5.56 Å². The number of benzene rings is 2. The average Bonchev–Trinajstić information content (AvgIpc) is 3.15. The maximum Gasteiger partial charge on any atom is 0.573 e. The summed E-state index contributed by atoms with van der Waals surface area (Å²) in [5.74, 6) is -1.41. The molecule has 170 valence electrons. The van der Waals surface area contributed by atoms with Gasteiger partial charge in [-0.3, -0.25) is 4.79 Å². The van der Waals surface area contributed by atoms with E-state index in [-0.39, 0.29) is 27.3 Å². The Morgan fingerprint density at radius 3 is 2.41 bits per heavy atom. The van der Waals surface area contributed by atoms with Gasteiger partial charge in [-0.2, -0.15) is 17.9 Å². The summed E-state index contributed by atoms with van der Waals surface area (Å²) in [5.41, 5.74) is -0.910. The first-order valence-electron chi connectivity index (χ1n) is 8.36. The first-order valence-corrected chi connectivity index (χ1v) is 9.73. The Hall–Kier alpha value is -3.00. The zero-order valence-electron chi connectivity index (χ0n) is 15.4. The number of carbonyl (C=O) groups is 1. The molecule has 1 amide bonds. The number of nitrogens with zero attached hydrogens (tertiary/aromatic N) is 4. The summed E-state index contributed by atoms with van der Waals surface area (Å²) < 4.78 is 80.2. The van der Waals surface area contributed by atoms with Crippen molar-refractivity contribution in [3.05, 3.63) is 53.1 Å². The van der Waals surface area contributed by atoms with Crippen LogP contribution >= 0.6 is 23.4 Å². The summed E-state index contributed by atoms with van der Waals surface area (Å²) in [4.78, 5) is 12.2. The van der Waals surface area contributed by atoms with Gasteiger partial charge in [-0.05, 0) is 52.9 Å². The van der Waals surface area contributed by atoms with Crippen molar-refractivity contribution in [2.75, 3.05) is 11.1 Å². The molecule has 0 aliphatic heterocycles. The molecular weight excluding hydrogens is 488 g/mol. The van der Waals surface area contributed by atoms with Gasteiger partial charge in [0.2, 0.25) is 11.1 Å². The molecule has 0 unspecified atom stereocenters. The number of thioether (sulfide) groups is 1. The van der Waals surface area contributed by atoms with Crippen molar-refractivity contribution in [2.24, 2.45) is 0 Å². The molecule has 0 saturated carbocycles. The van der Waals surface area contributed by atoms with E-state index in [0.29, 0.717) is 6.07 Å². The van der Waals surface area contributed by atoms with Gasteiger partial charge in [0, 0.05) is 0 Å². The first-order chi connectivity index (χ1) is 14.9. The molecule has 7 nitrogen and oxygen atoms in total. The highest BCUT2D eigenvalue weighted by molar-refractivity contribution is 7.99. The number of amides is 1. The predicted molar refractivity (Wildman–Crippen MR) is 102 cm³/mol. The van der Waals surface area contributed by atoms with Crippen LogP contribution in [0.15, 0.2) is 47.6 Å². The number of carbonyl (C=O) groups excluding carboxylic acids is 1. The van der Waals surface area contributed by atoms with Crippen LogP contribution in [0, 0.1) is 0 Å². The summed E-state index contributed by atoms with van der Waals surface area (Å²) in [5, 5.41) is 13.2. The molecule has 0 aliphatic rings. The smallest absolute Gasteiger partial charge is 0.406 e. The number of aromatic nitrogens is 4. The van der Waals surface area contributed by atoms with Crippen LogP contribution < -0.4 is 10.1 Å². The quantitative estimate of drug-likeness (QED) is 0.383. The van der Waals surface area contributed by atoms with Gasteiger partial charge < -0.3 is 10.1 Å². The Kier molecular flexibility index (Phi) is 6.83. The van der Waals surface area contributed by atoms with Crippen LogP contribution in [0.2, 0.25) is 5.02 Å². The van der Waals surface area contributed by atoms with Crippen LogP contribution in [-0.4, -0.2) is 38.2 Å². The molecule has 0 radical (unpaired) electrons. The minimum Gasteiger partial charge on any atom is -0.406 e. The Morgan fingerprint density at radius 2 is 1.78 bits per heavy atom. The third-order valence-corrected chi connectivity index (χ3v) is 4.90. The second-order valence-corrected chi connectivity index (χ2v) is 7.29. The number of tetrazole rings is 1. The predicted octanol–water partition coefficient (Wildman–Crippen LogP) is 4.96. The van der Waals surface area contributed by atoms with Gasteiger partial charge in [0.05, 0.1) is 27.7 Å². The lowest BCUT2D eigenvalue weighted by atomic mass is 10.2. The van der Waals surface area contributed by atoms with E-state index in [4.69, 9.17) is 11.6 Å². The van der Waals surface area contributed by atoms with Crippen molar-refractivity contribution in [1.82, 2.24) is 20.2 Å². The molecule has 1 aromatic heterocycles. The van der Waals surface area contributed by atoms with Crippen LogP contribution in [0.5, 0.6) is 5.75 Å². The SMILES string of the molecule is O=C(CSc1nnnn1-c1ccc(OC(F)(F)F)cc1)Nc1cc(C(F)(F)F)ccc1Cl. The monoisotopic (exact) mass is 497 g/mol. The molecular formula is C17H10ClF6N5O2S. The van der Waals surface area contributed by atoms with Gasteiger partial charge in [0.25, 0.3) is 0 Å². The van der Waals surface area contributed by atoms with E-state index < -0.39 is 29.8 Å². The fourth-order valence-corrected chi connectivity index (χ4v) is 3.19. The zero-order valence-corrected chi connectivity index (χ0v) is 17.0. The number of alkyl halides is 6. The summed E-state index contributed by atoms with van der Waals surface area (Å²) >= 11 is 6.69. The number of nitrogens with one attached hydrogen (secondary N) is 1. The normalized spacial score (nSPS) is 12.0. The van der Waals surface area contributed by atoms with Crippen LogP contribution in [0.4, 0.5) is 32.0 Å². The Balaban J connectivity index is 1.66. The summed E-state index contributed by atoms with van der Waals surface area (Å²) in [6.07, 6.45) is -9.45. The lowest BCUT2D eigenvalue weighted by Gasteiger charge is -2.11. The number of halogens is 7. The maximum absolute atomic E-state index is 12.8. The van der Waals surface area contributed by atoms with E-state index in [0.717, 1.165) is 40.7 Å². The second-order valence-electron chi connectivity index (χ2n) is 5.94. The van der Waals surface area contributed by atoms with Crippen molar-refractivity contribution < 1.29 is 35.9 Å². The van der Waals surface area contributed by atoms with E-state index in [1.807, 2.05) is 0 Å². The average molecular weight is 498 g/mol. The molecule has 0 saturated heterocycles. The third kappa shape index (κ3) is 6.26. The molecule has 3 rings (SSSR count). The van der Waals surface area contributed by atoms with Crippen LogP contribution in [0.3, 0.4) is 0 Å². The van der Waals surface area contributed by atoms with Crippen molar-refractivity contribution in [3.63, 3.8) is 0 Å². The van der Waals surface area contributed by atoms with E-state index in [9.17, 15) is 31.1 Å². The van der Waals surface area contributed by atoms with Gasteiger partial charge in [-0.25, -0.2) is 0 Å². The summed E-state index contributed by atoms with van der Waals surface area (Å²) in [7, 11) is 0. The van der Waals surface area contributed by atoms with Crippen molar-refractivity contribution in [1.29, 1.82) is 0 Å². The fourth-order valence-electron chi connectivity index (χ4n) is 2.33. The first kappa shape index (κ1) is 23.7. The number of hydrogen-bond acceptors (Lipinski definition) is 6. The zero-order chi connectivity index (χ0) is 23.5. The van der Waals surface area contributed by atoms with E-state index in [1.54, 1.807) is 0 Å². The third-order valence-electron chi connectivity index (χ3n) is 3.66. The highest BCUT2D eigenvalue weighted by Crippen LogP contribution is 2.34. The molecule has 0 spiro atoms. The minimum atomic E-state index is -4.84. The van der Waals surface area contributed by atoms with Crippen LogP contribution in [-0.2, 0) is 11.0 Å². The summed E-state index contributed by atoms with van der Waals surface area (Å²) in [6.45, 7) is 0. The molecule has 2 aromatic carbocycles. The second kappa shape index (κ2) is 9.24. The van der Waals surface area contributed by atoms with E-state index >= 15 is 0 Å². The Labute approximate surface area is 184 Å². The highest BCUT2D eigenvalue weighted by Gasteiger charge is 2.32. The largest absolute Gasteiger partial charge is 0.573 e. The standard InChI is InChI=1S/C17H10ClF6N5O2S/c18-12-6-1-9(16(19,20)21)7-13(12)25-14(30)8-32-15-26-27-28-29(15)10-2-4-11(5-3-10)31-17(22,23)24/h1-7H,8H2,(H,25,30). The molecule has 0 bridgehead atoms. The highest BCUT2D eigenvalue weighted by atomic mass is 35.5. The molecule has 1 N–H and O–H groups in total. The minimum absolute atomic E-state index is 0.0812. The van der Waals surface area contributed by atoms with E-state index in [2.05, 4.69) is 25.6 Å². The molecule has 3 aromatic rings. The van der Waals surface area contributed by atoms with Crippen molar-refractivity contribution in [3.8, 4) is 11.4 Å². The topological polar surface area (TPSA) is 81.9 Å². The van der Waals surface area contributed by atoms with Crippen LogP contribution in [0.25, 0.3) is 5.69 Å². The number of anilines is 1. The molecule has 32 heavy (non-hydrogen) atoms. The molecule has 0 fully saturated rings. The lowest BCUT2D eigenvalue weighted by molar-refractivity contribution is -0.274. The van der Waals surface area contributed by atoms with Gasteiger partial charge in [0.1, 0.15) is 5.75 Å². The Morgan fingerprint density at radius 1 is 1.09 bits per heavy atom.